The first-order chi connectivity index (χ1) is 10.2. The molecule has 0 saturated heterocycles. The van der Waals surface area contributed by atoms with Gasteiger partial charge in [0.2, 0.25) is 0 Å². The molecule has 1 aliphatic rings. The molecule has 0 saturated carbocycles. The number of fused-ring (bicyclic) bond motifs is 2. The number of imidazole rings is 1. The number of aromatic nitrogens is 2. The number of benzene rings is 2. The molecular formula is C15H12BrN3O2. The van der Waals surface area contributed by atoms with Crippen LogP contribution in [-0.2, 0) is 0 Å². The van der Waals surface area contributed by atoms with Crippen LogP contribution < -0.4 is 15.2 Å². The number of nitrogens with two attached hydrogens (primary N) is 1. The maximum atomic E-state index is 6.10. The third-order valence-electron chi connectivity index (χ3n) is 3.45. The van der Waals surface area contributed by atoms with E-state index in [-0.39, 0.29) is 0 Å². The number of halogens is 1. The van der Waals surface area contributed by atoms with E-state index in [2.05, 4.69) is 25.9 Å². The molecule has 6 heteroatoms. The van der Waals surface area contributed by atoms with Gasteiger partial charge < -0.3 is 20.2 Å². The van der Waals surface area contributed by atoms with Gasteiger partial charge in [-0.3, -0.25) is 0 Å². The van der Waals surface area contributed by atoms with E-state index in [1.165, 1.54) is 0 Å². The van der Waals surface area contributed by atoms with Crippen LogP contribution in [-0.4, -0.2) is 23.2 Å². The number of ether oxygens (including phenoxy) is 2. The van der Waals surface area contributed by atoms with Gasteiger partial charge >= 0.3 is 0 Å². The Labute approximate surface area is 129 Å². The molecule has 2 aromatic carbocycles. The molecule has 4 rings (SSSR count). The number of nitrogens with one attached hydrogen (secondary N) is 1. The average molecular weight is 346 g/mol. The van der Waals surface area contributed by atoms with Crippen molar-refractivity contribution in [3.05, 3.63) is 34.8 Å². The highest BCUT2D eigenvalue weighted by Crippen LogP contribution is 2.36. The lowest BCUT2D eigenvalue weighted by molar-refractivity contribution is 0.172. The van der Waals surface area contributed by atoms with Crippen molar-refractivity contribution >= 4 is 32.7 Å². The second-order valence-electron chi connectivity index (χ2n) is 4.80. The van der Waals surface area contributed by atoms with Crippen LogP contribution in [0.3, 0.4) is 0 Å². The van der Waals surface area contributed by atoms with Crippen LogP contribution in [0.1, 0.15) is 0 Å². The average Bonchev–Trinajstić information content (AvgIpc) is 2.90. The number of hydrogen-bond acceptors (Lipinski definition) is 4. The van der Waals surface area contributed by atoms with Crippen molar-refractivity contribution in [1.82, 2.24) is 9.97 Å². The van der Waals surface area contributed by atoms with Crippen molar-refractivity contribution in [2.24, 2.45) is 0 Å². The number of aromatic amines is 1. The quantitative estimate of drug-likeness (QED) is 0.663. The Kier molecular flexibility index (Phi) is 2.78. The van der Waals surface area contributed by atoms with E-state index in [9.17, 15) is 0 Å². The largest absolute Gasteiger partial charge is 0.486 e. The SMILES string of the molecule is Nc1c(Br)cccc1-c1nc2cc3c(cc2[nH]1)OCCO3. The molecular weight excluding hydrogens is 334 g/mol. The second-order valence-corrected chi connectivity index (χ2v) is 5.65. The molecule has 0 amide bonds. The zero-order chi connectivity index (χ0) is 14.4. The third-order valence-corrected chi connectivity index (χ3v) is 4.15. The van der Waals surface area contributed by atoms with Crippen molar-refractivity contribution in [2.45, 2.75) is 0 Å². The Morgan fingerprint density at radius 1 is 1.14 bits per heavy atom. The van der Waals surface area contributed by atoms with Crippen LogP contribution in [0.25, 0.3) is 22.4 Å². The number of hydrogen-bond donors (Lipinski definition) is 2. The summed E-state index contributed by atoms with van der Waals surface area (Å²) in [4.78, 5) is 7.88. The van der Waals surface area contributed by atoms with Gasteiger partial charge in [0.1, 0.15) is 19.0 Å². The molecule has 0 spiro atoms. The molecule has 1 aromatic heterocycles. The highest BCUT2D eigenvalue weighted by Gasteiger charge is 2.16. The summed E-state index contributed by atoms with van der Waals surface area (Å²) in [6.07, 6.45) is 0. The van der Waals surface area contributed by atoms with Crippen molar-refractivity contribution < 1.29 is 9.47 Å². The second kappa shape index (κ2) is 4.66. The predicted octanol–water partition coefficient (Wildman–Crippen LogP) is 3.35. The maximum absolute atomic E-state index is 6.10. The van der Waals surface area contributed by atoms with E-state index in [0.717, 1.165) is 38.4 Å². The van der Waals surface area contributed by atoms with E-state index in [4.69, 9.17) is 15.2 Å². The van der Waals surface area contributed by atoms with Gasteiger partial charge in [0, 0.05) is 22.2 Å². The van der Waals surface area contributed by atoms with Crippen molar-refractivity contribution in [1.29, 1.82) is 0 Å². The molecule has 0 atom stereocenters. The first-order valence-corrected chi connectivity index (χ1v) is 7.35. The predicted molar refractivity (Wildman–Crippen MR) is 84.6 cm³/mol. The van der Waals surface area contributed by atoms with Crippen LogP contribution >= 0.6 is 15.9 Å². The van der Waals surface area contributed by atoms with Gasteiger partial charge in [-0.15, -0.1) is 0 Å². The summed E-state index contributed by atoms with van der Waals surface area (Å²) < 4.78 is 12.0. The first-order valence-electron chi connectivity index (χ1n) is 6.56. The van der Waals surface area contributed by atoms with Crippen molar-refractivity contribution in [3.63, 3.8) is 0 Å². The smallest absolute Gasteiger partial charge is 0.163 e. The van der Waals surface area contributed by atoms with Crippen molar-refractivity contribution in [3.8, 4) is 22.9 Å². The van der Waals surface area contributed by atoms with E-state index < -0.39 is 0 Å². The van der Waals surface area contributed by atoms with E-state index in [0.29, 0.717) is 18.9 Å². The van der Waals surface area contributed by atoms with Crippen LogP contribution in [0.4, 0.5) is 5.69 Å². The van der Waals surface area contributed by atoms with Gasteiger partial charge in [0.05, 0.1) is 16.7 Å². The summed E-state index contributed by atoms with van der Waals surface area (Å²) in [5.74, 6) is 2.20. The van der Waals surface area contributed by atoms with Gasteiger partial charge in [-0.2, -0.15) is 0 Å². The molecule has 2 heterocycles. The summed E-state index contributed by atoms with van der Waals surface area (Å²) >= 11 is 3.43. The normalized spacial score (nSPS) is 13.6. The summed E-state index contributed by atoms with van der Waals surface area (Å²) in [5, 5.41) is 0. The Morgan fingerprint density at radius 3 is 2.71 bits per heavy atom. The molecule has 0 bridgehead atoms. The number of para-hydroxylation sites is 1. The van der Waals surface area contributed by atoms with Crippen LogP contribution in [0.15, 0.2) is 34.8 Å². The molecule has 21 heavy (non-hydrogen) atoms. The van der Waals surface area contributed by atoms with Crippen LogP contribution in [0, 0.1) is 0 Å². The maximum Gasteiger partial charge on any atom is 0.163 e. The Hall–Kier alpha value is -2.21. The Balaban J connectivity index is 1.89. The summed E-state index contributed by atoms with van der Waals surface area (Å²) in [6, 6.07) is 9.57. The minimum atomic E-state index is 0.564. The fourth-order valence-electron chi connectivity index (χ4n) is 2.42. The lowest BCUT2D eigenvalue weighted by Crippen LogP contribution is -2.15. The summed E-state index contributed by atoms with van der Waals surface area (Å²) in [7, 11) is 0. The fourth-order valence-corrected chi connectivity index (χ4v) is 2.78. The zero-order valence-electron chi connectivity index (χ0n) is 11.0. The number of nitrogen functional groups attached to an aromatic ring is 1. The lowest BCUT2D eigenvalue weighted by Gasteiger charge is -2.17. The molecule has 0 aliphatic carbocycles. The van der Waals surface area contributed by atoms with E-state index in [1.54, 1.807) is 0 Å². The summed E-state index contributed by atoms with van der Waals surface area (Å²) in [6.45, 7) is 1.13. The van der Waals surface area contributed by atoms with Gasteiger partial charge in [-0.25, -0.2) is 4.98 Å². The van der Waals surface area contributed by atoms with Gasteiger partial charge in [0.25, 0.3) is 0 Å². The van der Waals surface area contributed by atoms with E-state index >= 15 is 0 Å². The van der Waals surface area contributed by atoms with Crippen LogP contribution in [0.5, 0.6) is 11.5 Å². The third kappa shape index (κ3) is 2.03. The van der Waals surface area contributed by atoms with Gasteiger partial charge in [0.15, 0.2) is 11.5 Å². The minimum Gasteiger partial charge on any atom is -0.486 e. The first kappa shape index (κ1) is 12.5. The number of anilines is 1. The molecule has 5 nitrogen and oxygen atoms in total. The molecule has 0 radical (unpaired) electrons. The van der Waals surface area contributed by atoms with Gasteiger partial charge in [-0.05, 0) is 28.1 Å². The standard InChI is InChI=1S/C15H12BrN3O2/c16-9-3-1-2-8(14(9)17)15-18-10-6-12-13(7-11(10)19-15)21-5-4-20-12/h1-3,6-7H,4-5,17H2,(H,18,19). The topological polar surface area (TPSA) is 73.2 Å². The van der Waals surface area contributed by atoms with Gasteiger partial charge in [-0.1, -0.05) is 6.07 Å². The van der Waals surface area contributed by atoms with E-state index in [1.807, 2.05) is 30.3 Å². The monoisotopic (exact) mass is 345 g/mol. The number of H-pyrrole nitrogens is 1. The minimum absolute atomic E-state index is 0.564. The zero-order valence-corrected chi connectivity index (χ0v) is 12.6. The van der Waals surface area contributed by atoms with Crippen LogP contribution in [0.2, 0.25) is 0 Å². The Morgan fingerprint density at radius 2 is 1.90 bits per heavy atom. The Bertz CT molecular complexity index is 801. The lowest BCUT2D eigenvalue weighted by atomic mass is 10.2. The molecule has 3 N–H and O–H groups in total. The fraction of sp³-hybridized carbons (Fsp3) is 0.133. The highest BCUT2D eigenvalue weighted by atomic mass is 79.9. The number of rotatable bonds is 1. The highest BCUT2D eigenvalue weighted by molar-refractivity contribution is 9.10. The molecule has 0 fully saturated rings. The molecule has 1 aliphatic heterocycles. The molecule has 0 unspecified atom stereocenters. The number of nitrogens with zero attached hydrogens (tertiary/aromatic N) is 1. The molecule has 106 valence electrons. The summed E-state index contributed by atoms with van der Waals surface area (Å²) in [5.41, 5.74) is 9.35. The molecule has 3 aromatic rings. The van der Waals surface area contributed by atoms with Crippen molar-refractivity contribution in [2.75, 3.05) is 18.9 Å².